The molecule has 0 spiro atoms. The van der Waals surface area contributed by atoms with Gasteiger partial charge in [0.05, 0.1) is 6.04 Å². The number of carbonyl (C=O) groups is 1. The van der Waals surface area contributed by atoms with E-state index in [0.717, 1.165) is 16.7 Å². The number of aromatic nitrogens is 1. The Bertz CT molecular complexity index is 558. The number of rotatable bonds is 3. The SMILES string of the molecule is Cc1cc(C)cc(C(=O)N[C@H](C)c2ccncc2)c1. The monoisotopic (exact) mass is 254 g/mol. The summed E-state index contributed by atoms with van der Waals surface area (Å²) < 4.78 is 0. The maximum Gasteiger partial charge on any atom is 0.251 e. The van der Waals surface area contributed by atoms with Crippen LogP contribution in [0.4, 0.5) is 0 Å². The molecule has 0 bridgehead atoms. The van der Waals surface area contributed by atoms with Crippen LogP contribution in [-0.4, -0.2) is 10.9 Å². The summed E-state index contributed by atoms with van der Waals surface area (Å²) in [7, 11) is 0. The van der Waals surface area contributed by atoms with Crippen molar-refractivity contribution >= 4 is 5.91 Å². The Labute approximate surface area is 113 Å². The Hall–Kier alpha value is -2.16. The smallest absolute Gasteiger partial charge is 0.251 e. The zero-order valence-corrected chi connectivity index (χ0v) is 11.5. The quantitative estimate of drug-likeness (QED) is 0.914. The maximum absolute atomic E-state index is 12.2. The lowest BCUT2D eigenvalue weighted by Crippen LogP contribution is -2.26. The van der Waals surface area contributed by atoms with Crippen molar-refractivity contribution in [2.45, 2.75) is 26.8 Å². The largest absolute Gasteiger partial charge is 0.346 e. The molecule has 0 unspecified atom stereocenters. The zero-order chi connectivity index (χ0) is 13.8. The standard InChI is InChI=1S/C16H18N2O/c1-11-8-12(2)10-15(9-11)16(19)18-13(3)14-4-6-17-7-5-14/h4-10,13H,1-3H3,(H,18,19)/t13-/m1/s1. The first kappa shape index (κ1) is 13.3. The lowest BCUT2D eigenvalue weighted by molar-refractivity contribution is 0.0939. The van der Waals surface area contributed by atoms with Crippen LogP contribution >= 0.6 is 0 Å². The second kappa shape index (κ2) is 5.65. The maximum atomic E-state index is 12.2. The third-order valence-corrected chi connectivity index (χ3v) is 3.04. The van der Waals surface area contributed by atoms with Gasteiger partial charge < -0.3 is 5.32 Å². The predicted molar refractivity (Wildman–Crippen MR) is 76.0 cm³/mol. The van der Waals surface area contributed by atoms with Crippen LogP contribution in [-0.2, 0) is 0 Å². The van der Waals surface area contributed by atoms with Gasteiger partial charge in [-0.3, -0.25) is 9.78 Å². The molecule has 0 saturated carbocycles. The molecule has 0 radical (unpaired) electrons. The molecule has 0 aliphatic carbocycles. The molecule has 98 valence electrons. The van der Waals surface area contributed by atoms with Gasteiger partial charge >= 0.3 is 0 Å². The Morgan fingerprint density at radius 2 is 1.68 bits per heavy atom. The number of aryl methyl sites for hydroxylation is 2. The number of carbonyl (C=O) groups excluding carboxylic acids is 1. The van der Waals surface area contributed by atoms with Crippen LogP contribution in [0.25, 0.3) is 0 Å². The van der Waals surface area contributed by atoms with Crippen molar-refractivity contribution in [2.75, 3.05) is 0 Å². The Balaban J connectivity index is 2.13. The lowest BCUT2D eigenvalue weighted by atomic mass is 10.1. The fourth-order valence-electron chi connectivity index (χ4n) is 2.12. The number of pyridine rings is 1. The minimum Gasteiger partial charge on any atom is -0.346 e. The first-order valence-electron chi connectivity index (χ1n) is 6.35. The molecule has 2 aromatic rings. The van der Waals surface area contributed by atoms with Crippen molar-refractivity contribution in [3.63, 3.8) is 0 Å². The van der Waals surface area contributed by atoms with Crippen molar-refractivity contribution in [1.29, 1.82) is 0 Å². The predicted octanol–water partition coefficient (Wildman–Crippen LogP) is 3.19. The Morgan fingerprint density at radius 1 is 1.11 bits per heavy atom. The van der Waals surface area contributed by atoms with E-state index in [-0.39, 0.29) is 11.9 Å². The third kappa shape index (κ3) is 3.41. The van der Waals surface area contributed by atoms with E-state index in [2.05, 4.69) is 16.4 Å². The zero-order valence-electron chi connectivity index (χ0n) is 11.5. The summed E-state index contributed by atoms with van der Waals surface area (Å²) in [6.07, 6.45) is 3.46. The molecule has 1 heterocycles. The topological polar surface area (TPSA) is 42.0 Å². The number of nitrogens with one attached hydrogen (secondary N) is 1. The van der Waals surface area contributed by atoms with Crippen LogP contribution in [0.2, 0.25) is 0 Å². The van der Waals surface area contributed by atoms with Gasteiger partial charge in [-0.15, -0.1) is 0 Å². The van der Waals surface area contributed by atoms with Crippen LogP contribution in [0.15, 0.2) is 42.7 Å². The third-order valence-electron chi connectivity index (χ3n) is 3.04. The number of benzene rings is 1. The average molecular weight is 254 g/mol. The fraction of sp³-hybridized carbons (Fsp3) is 0.250. The van der Waals surface area contributed by atoms with Crippen LogP contribution in [0.5, 0.6) is 0 Å². The van der Waals surface area contributed by atoms with Crippen molar-refractivity contribution in [3.05, 3.63) is 65.0 Å². The number of hydrogen-bond acceptors (Lipinski definition) is 2. The Morgan fingerprint density at radius 3 is 2.26 bits per heavy atom. The summed E-state index contributed by atoms with van der Waals surface area (Å²) in [6, 6.07) is 9.65. The molecule has 0 aliphatic heterocycles. The molecule has 3 nitrogen and oxygen atoms in total. The highest BCUT2D eigenvalue weighted by Crippen LogP contribution is 2.13. The van der Waals surface area contributed by atoms with Gasteiger partial charge in [0, 0.05) is 18.0 Å². The van der Waals surface area contributed by atoms with E-state index >= 15 is 0 Å². The molecule has 1 aromatic heterocycles. The van der Waals surface area contributed by atoms with E-state index in [1.807, 2.05) is 45.0 Å². The van der Waals surface area contributed by atoms with Crippen molar-refractivity contribution in [3.8, 4) is 0 Å². The van der Waals surface area contributed by atoms with Gasteiger partial charge in [-0.2, -0.15) is 0 Å². The molecule has 0 aliphatic rings. The molecule has 3 heteroatoms. The van der Waals surface area contributed by atoms with Crippen molar-refractivity contribution in [1.82, 2.24) is 10.3 Å². The van der Waals surface area contributed by atoms with Gasteiger partial charge in [0.15, 0.2) is 0 Å². The average Bonchev–Trinajstić information content (AvgIpc) is 2.38. The van der Waals surface area contributed by atoms with Gasteiger partial charge in [-0.25, -0.2) is 0 Å². The number of hydrogen-bond donors (Lipinski definition) is 1. The molecule has 1 aromatic carbocycles. The number of amides is 1. The summed E-state index contributed by atoms with van der Waals surface area (Å²) in [5.41, 5.74) is 3.95. The summed E-state index contributed by atoms with van der Waals surface area (Å²) in [5, 5.41) is 3.00. The van der Waals surface area contributed by atoms with Gasteiger partial charge in [0.1, 0.15) is 0 Å². The summed E-state index contributed by atoms with van der Waals surface area (Å²) in [6.45, 7) is 5.96. The molecular formula is C16H18N2O. The molecule has 0 fully saturated rings. The van der Waals surface area contributed by atoms with E-state index < -0.39 is 0 Å². The highest BCUT2D eigenvalue weighted by Gasteiger charge is 2.11. The summed E-state index contributed by atoms with van der Waals surface area (Å²) in [4.78, 5) is 16.2. The van der Waals surface area contributed by atoms with E-state index in [9.17, 15) is 4.79 Å². The molecular weight excluding hydrogens is 236 g/mol. The van der Waals surface area contributed by atoms with Crippen LogP contribution < -0.4 is 5.32 Å². The first-order valence-corrected chi connectivity index (χ1v) is 6.35. The van der Waals surface area contributed by atoms with Gasteiger partial charge in [0.25, 0.3) is 5.91 Å². The van der Waals surface area contributed by atoms with E-state index in [4.69, 9.17) is 0 Å². The van der Waals surface area contributed by atoms with E-state index in [1.165, 1.54) is 0 Å². The normalized spacial score (nSPS) is 11.9. The van der Waals surface area contributed by atoms with Gasteiger partial charge in [-0.1, -0.05) is 17.2 Å². The minimum atomic E-state index is -0.0453. The second-order valence-corrected chi connectivity index (χ2v) is 4.85. The van der Waals surface area contributed by atoms with Crippen molar-refractivity contribution in [2.24, 2.45) is 0 Å². The number of nitrogens with zero attached hydrogens (tertiary/aromatic N) is 1. The molecule has 0 saturated heterocycles. The molecule has 1 N–H and O–H groups in total. The van der Waals surface area contributed by atoms with Gasteiger partial charge in [0.2, 0.25) is 0 Å². The van der Waals surface area contributed by atoms with E-state index in [1.54, 1.807) is 12.4 Å². The van der Waals surface area contributed by atoms with E-state index in [0.29, 0.717) is 5.56 Å². The summed E-state index contributed by atoms with van der Waals surface area (Å²) in [5.74, 6) is -0.0453. The lowest BCUT2D eigenvalue weighted by Gasteiger charge is -2.14. The highest BCUT2D eigenvalue weighted by molar-refractivity contribution is 5.94. The highest BCUT2D eigenvalue weighted by atomic mass is 16.1. The Kier molecular flexibility index (Phi) is 3.95. The first-order chi connectivity index (χ1) is 9.06. The van der Waals surface area contributed by atoms with Crippen LogP contribution in [0, 0.1) is 13.8 Å². The van der Waals surface area contributed by atoms with Gasteiger partial charge in [-0.05, 0) is 50.6 Å². The molecule has 1 atom stereocenters. The summed E-state index contributed by atoms with van der Waals surface area (Å²) >= 11 is 0. The fourth-order valence-corrected chi connectivity index (χ4v) is 2.12. The molecule has 1 amide bonds. The second-order valence-electron chi connectivity index (χ2n) is 4.85. The van der Waals surface area contributed by atoms with Crippen molar-refractivity contribution < 1.29 is 4.79 Å². The van der Waals surface area contributed by atoms with Crippen LogP contribution in [0.1, 0.15) is 40.0 Å². The van der Waals surface area contributed by atoms with Crippen LogP contribution in [0.3, 0.4) is 0 Å². The minimum absolute atomic E-state index is 0.0312. The molecule has 2 rings (SSSR count). The molecule has 19 heavy (non-hydrogen) atoms.